The van der Waals surface area contributed by atoms with Crippen molar-refractivity contribution in [2.45, 2.75) is 52.2 Å². The summed E-state index contributed by atoms with van der Waals surface area (Å²) < 4.78 is 1.90. The van der Waals surface area contributed by atoms with Crippen molar-refractivity contribution < 1.29 is 9.90 Å². The molecule has 96 valence electrons. The summed E-state index contributed by atoms with van der Waals surface area (Å²) in [5, 5.41) is 12.2. The molecule has 1 atom stereocenters. The van der Waals surface area contributed by atoms with Gasteiger partial charge in [0, 0.05) is 30.9 Å². The van der Waals surface area contributed by atoms with E-state index >= 15 is 0 Å². The summed E-state index contributed by atoms with van der Waals surface area (Å²) in [6.45, 7) is 8.37. The fraction of sp³-hybridized carbons (Fsp3) is 0.667. The molecule has 17 heavy (non-hydrogen) atoms. The van der Waals surface area contributed by atoms with Crippen LogP contribution in [0.15, 0.2) is 12.4 Å². The molecule has 0 fully saturated rings. The van der Waals surface area contributed by atoms with E-state index in [-0.39, 0.29) is 6.04 Å². The SMILES string of the molecule is CC(C)NC(Cn1ccnc1C(C)C)C(=O)O. The second kappa shape index (κ2) is 5.82. The van der Waals surface area contributed by atoms with Gasteiger partial charge in [0.05, 0.1) is 0 Å². The van der Waals surface area contributed by atoms with Gasteiger partial charge in [0.15, 0.2) is 0 Å². The van der Waals surface area contributed by atoms with Gasteiger partial charge in [0.2, 0.25) is 0 Å². The normalized spacial score (nSPS) is 13.3. The number of hydrogen-bond donors (Lipinski definition) is 2. The Morgan fingerprint density at radius 3 is 2.59 bits per heavy atom. The number of hydrogen-bond acceptors (Lipinski definition) is 3. The predicted octanol–water partition coefficient (Wildman–Crippen LogP) is 1.46. The third-order valence-electron chi connectivity index (χ3n) is 2.48. The maximum absolute atomic E-state index is 11.1. The largest absolute Gasteiger partial charge is 0.480 e. The van der Waals surface area contributed by atoms with Gasteiger partial charge in [-0.05, 0) is 0 Å². The molecule has 0 radical (unpaired) electrons. The molecule has 0 bridgehead atoms. The number of nitrogens with zero attached hydrogens (tertiary/aromatic N) is 2. The average molecular weight is 239 g/mol. The molecule has 1 heterocycles. The molecule has 0 aromatic carbocycles. The Labute approximate surface area is 102 Å². The summed E-state index contributed by atoms with van der Waals surface area (Å²) in [6, 6.07) is -0.441. The summed E-state index contributed by atoms with van der Waals surface area (Å²) in [5.41, 5.74) is 0. The van der Waals surface area contributed by atoms with E-state index in [0.29, 0.717) is 12.5 Å². The Morgan fingerprint density at radius 1 is 1.47 bits per heavy atom. The van der Waals surface area contributed by atoms with E-state index in [1.165, 1.54) is 0 Å². The first-order chi connectivity index (χ1) is 7.91. The lowest BCUT2D eigenvalue weighted by Crippen LogP contribution is -2.43. The van der Waals surface area contributed by atoms with E-state index in [1.807, 2.05) is 38.5 Å². The minimum atomic E-state index is -0.831. The Hall–Kier alpha value is -1.36. The first-order valence-electron chi connectivity index (χ1n) is 5.91. The zero-order valence-corrected chi connectivity index (χ0v) is 10.8. The molecular weight excluding hydrogens is 218 g/mol. The lowest BCUT2D eigenvalue weighted by Gasteiger charge is -2.19. The van der Waals surface area contributed by atoms with Gasteiger partial charge in [0.1, 0.15) is 11.9 Å². The maximum atomic E-state index is 11.1. The van der Waals surface area contributed by atoms with Gasteiger partial charge >= 0.3 is 5.97 Å². The first-order valence-corrected chi connectivity index (χ1v) is 5.91. The number of rotatable bonds is 6. The van der Waals surface area contributed by atoms with Crippen LogP contribution >= 0.6 is 0 Å². The Balaban J connectivity index is 2.79. The highest BCUT2D eigenvalue weighted by molar-refractivity contribution is 5.73. The van der Waals surface area contributed by atoms with Crippen molar-refractivity contribution in [1.29, 1.82) is 0 Å². The van der Waals surface area contributed by atoms with Crippen LogP contribution in [-0.2, 0) is 11.3 Å². The second-order valence-electron chi connectivity index (χ2n) is 4.80. The van der Waals surface area contributed by atoms with Crippen LogP contribution in [0.3, 0.4) is 0 Å². The Morgan fingerprint density at radius 2 is 2.12 bits per heavy atom. The van der Waals surface area contributed by atoms with E-state index in [1.54, 1.807) is 6.20 Å². The third kappa shape index (κ3) is 3.85. The number of aliphatic carboxylic acids is 1. The van der Waals surface area contributed by atoms with Crippen LogP contribution in [0.25, 0.3) is 0 Å². The van der Waals surface area contributed by atoms with Crippen LogP contribution in [0.1, 0.15) is 39.4 Å². The lowest BCUT2D eigenvalue weighted by molar-refractivity contribution is -0.140. The van der Waals surface area contributed by atoms with Gasteiger partial charge in [-0.25, -0.2) is 4.98 Å². The van der Waals surface area contributed by atoms with Gasteiger partial charge in [-0.2, -0.15) is 0 Å². The Bertz CT molecular complexity index is 372. The topological polar surface area (TPSA) is 67.2 Å². The summed E-state index contributed by atoms with van der Waals surface area (Å²) in [7, 11) is 0. The van der Waals surface area contributed by atoms with Crippen molar-refractivity contribution in [2.24, 2.45) is 0 Å². The van der Waals surface area contributed by atoms with Crippen molar-refractivity contribution in [1.82, 2.24) is 14.9 Å². The van der Waals surface area contributed by atoms with Gasteiger partial charge < -0.3 is 15.0 Å². The first kappa shape index (κ1) is 13.7. The zero-order valence-electron chi connectivity index (χ0n) is 10.8. The molecule has 1 aromatic rings. The molecular formula is C12H21N3O2. The van der Waals surface area contributed by atoms with Crippen LogP contribution in [0.2, 0.25) is 0 Å². The van der Waals surface area contributed by atoms with Crippen molar-refractivity contribution in [2.75, 3.05) is 0 Å². The molecule has 0 saturated carbocycles. The number of nitrogens with one attached hydrogen (secondary N) is 1. The summed E-state index contributed by atoms with van der Waals surface area (Å²) >= 11 is 0. The van der Waals surface area contributed by atoms with Crippen molar-refractivity contribution in [3.63, 3.8) is 0 Å². The van der Waals surface area contributed by atoms with Crippen LogP contribution in [0.4, 0.5) is 0 Å². The van der Waals surface area contributed by atoms with Crippen LogP contribution < -0.4 is 5.32 Å². The molecule has 0 aliphatic heterocycles. The number of carboxylic acid groups (broad SMARTS) is 1. The predicted molar refractivity (Wildman–Crippen MR) is 66.0 cm³/mol. The number of imidazole rings is 1. The summed E-state index contributed by atoms with van der Waals surface area (Å²) in [6.07, 6.45) is 3.54. The number of carboxylic acids is 1. The van der Waals surface area contributed by atoms with Crippen LogP contribution in [0.5, 0.6) is 0 Å². The Kier molecular flexibility index (Phi) is 4.69. The number of carbonyl (C=O) groups is 1. The summed E-state index contributed by atoms with van der Waals surface area (Å²) in [4.78, 5) is 15.4. The van der Waals surface area contributed by atoms with Gasteiger partial charge in [-0.3, -0.25) is 4.79 Å². The highest BCUT2D eigenvalue weighted by atomic mass is 16.4. The zero-order chi connectivity index (χ0) is 13.0. The van der Waals surface area contributed by atoms with E-state index < -0.39 is 12.0 Å². The van der Waals surface area contributed by atoms with Gasteiger partial charge in [-0.15, -0.1) is 0 Å². The fourth-order valence-electron chi connectivity index (χ4n) is 1.78. The highest BCUT2D eigenvalue weighted by Crippen LogP contribution is 2.12. The molecule has 0 aliphatic carbocycles. The smallest absolute Gasteiger partial charge is 0.322 e. The van der Waals surface area contributed by atoms with E-state index in [2.05, 4.69) is 10.3 Å². The minimum absolute atomic E-state index is 0.141. The molecule has 0 saturated heterocycles. The van der Waals surface area contributed by atoms with Crippen molar-refractivity contribution in [3.8, 4) is 0 Å². The van der Waals surface area contributed by atoms with Crippen molar-refractivity contribution in [3.05, 3.63) is 18.2 Å². The molecule has 1 aromatic heterocycles. The van der Waals surface area contributed by atoms with Gasteiger partial charge in [0.25, 0.3) is 0 Å². The quantitative estimate of drug-likeness (QED) is 0.788. The molecule has 2 N–H and O–H groups in total. The molecule has 1 unspecified atom stereocenters. The molecule has 0 aliphatic rings. The molecule has 1 rings (SSSR count). The van der Waals surface area contributed by atoms with Crippen LogP contribution in [0, 0.1) is 0 Å². The maximum Gasteiger partial charge on any atom is 0.322 e. The van der Waals surface area contributed by atoms with E-state index in [9.17, 15) is 4.79 Å². The van der Waals surface area contributed by atoms with Gasteiger partial charge in [-0.1, -0.05) is 27.7 Å². The summed E-state index contributed by atoms with van der Waals surface area (Å²) in [5.74, 6) is 0.377. The molecule has 5 heteroatoms. The fourth-order valence-corrected chi connectivity index (χ4v) is 1.78. The standard InChI is InChI=1S/C12H21N3O2/c1-8(2)11-13-5-6-15(11)7-10(12(16)17)14-9(3)4/h5-6,8-10,14H,7H2,1-4H3,(H,16,17). The average Bonchev–Trinajstić information content (AvgIpc) is 2.63. The van der Waals surface area contributed by atoms with E-state index in [0.717, 1.165) is 5.82 Å². The van der Waals surface area contributed by atoms with Crippen LogP contribution in [-0.4, -0.2) is 32.7 Å². The lowest BCUT2D eigenvalue weighted by atomic mass is 10.2. The third-order valence-corrected chi connectivity index (χ3v) is 2.48. The van der Waals surface area contributed by atoms with Crippen molar-refractivity contribution >= 4 is 5.97 Å². The van der Waals surface area contributed by atoms with E-state index in [4.69, 9.17) is 5.11 Å². The second-order valence-corrected chi connectivity index (χ2v) is 4.80. The molecule has 0 amide bonds. The highest BCUT2D eigenvalue weighted by Gasteiger charge is 2.20. The molecule has 5 nitrogen and oxygen atoms in total. The minimum Gasteiger partial charge on any atom is -0.480 e. The molecule has 0 spiro atoms. The monoisotopic (exact) mass is 239 g/mol. The number of aromatic nitrogens is 2.